The smallest absolute Gasteiger partial charge is 0.271 e. The fourth-order valence-electron chi connectivity index (χ4n) is 2.84. The Balaban J connectivity index is 1.27. The number of halogens is 1. The molecule has 0 spiro atoms. The van der Waals surface area contributed by atoms with Crippen LogP contribution in [0.2, 0.25) is 0 Å². The summed E-state index contributed by atoms with van der Waals surface area (Å²) >= 11 is 3.44. The van der Waals surface area contributed by atoms with Gasteiger partial charge in [-0.25, -0.2) is 4.68 Å². The van der Waals surface area contributed by atoms with E-state index in [2.05, 4.69) is 46.9 Å². The molecule has 0 saturated carbocycles. The second kappa shape index (κ2) is 8.99. The second-order valence-corrected chi connectivity index (χ2v) is 7.52. The molecule has 0 unspecified atom stereocenters. The maximum atomic E-state index is 12.3. The van der Waals surface area contributed by atoms with Gasteiger partial charge in [0.15, 0.2) is 6.67 Å². The zero-order valence-corrected chi connectivity index (χ0v) is 17.9. The summed E-state index contributed by atoms with van der Waals surface area (Å²) < 4.78 is 4.43. The Labute approximate surface area is 181 Å². The van der Waals surface area contributed by atoms with Gasteiger partial charge in [-0.3, -0.25) is 9.48 Å². The van der Waals surface area contributed by atoms with Crippen LogP contribution in [0.3, 0.4) is 0 Å². The van der Waals surface area contributed by atoms with E-state index in [0.717, 1.165) is 28.7 Å². The van der Waals surface area contributed by atoms with Gasteiger partial charge in [0.2, 0.25) is 5.82 Å². The molecule has 3 heterocycles. The molecule has 0 fully saturated rings. The summed E-state index contributed by atoms with van der Waals surface area (Å²) in [5.41, 5.74) is 2.18. The number of amides is 1. The van der Waals surface area contributed by atoms with Crippen molar-refractivity contribution in [3.05, 3.63) is 64.7 Å². The number of aromatic nitrogens is 8. The average molecular weight is 470 g/mol. The van der Waals surface area contributed by atoms with Crippen LogP contribution in [0, 0.1) is 6.92 Å². The molecule has 30 heavy (non-hydrogen) atoms. The van der Waals surface area contributed by atoms with Gasteiger partial charge in [-0.1, -0.05) is 30.3 Å². The van der Waals surface area contributed by atoms with Crippen molar-refractivity contribution in [2.45, 2.75) is 26.6 Å². The normalized spacial score (nSPS) is 11.0. The molecule has 0 aliphatic rings. The lowest BCUT2D eigenvalue weighted by molar-refractivity contribution is 0.0946. The molecule has 0 bridgehead atoms. The van der Waals surface area contributed by atoms with Gasteiger partial charge in [0, 0.05) is 31.0 Å². The van der Waals surface area contributed by atoms with Crippen LogP contribution < -0.4 is 5.32 Å². The molecule has 10 nitrogen and oxygen atoms in total. The molecule has 0 aliphatic carbocycles. The number of nitrogens with one attached hydrogen (secondary N) is 1. The number of nitrogens with zero attached hydrogens (tertiary/aromatic N) is 8. The average Bonchev–Trinajstić information content (AvgIpc) is 3.48. The third-order valence-corrected chi connectivity index (χ3v) is 5.14. The SMILES string of the molecule is Cc1nn(CCCNC(=O)c2ccn(Cn3nnc(-c4ccccc4)n3)n2)cc1Br. The number of benzene rings is 1. The van der Waals surface area contributed by atoms with E-state index >= 15 is 0 Å². The van der Waals surface area contributed by atoms with Gasteiger partial charge in [0.25, 0.3) is 5.91 Å². The maximum absolute atomic E-state index is 12.3. The first-order chi connectivity index (χ1) is 14.6. The van der Waals surface area contributed by atoms with Crippen molar-refractivity contribution in [3.8, 4) is 11.4 Å². The summed E-state index contributed by atoms with van der Waals surface area (Å²) in [6.45, 7) is 3.47. The fourth-order valence-corrected chi connectivity index (χ4v) is 3.15. The van der Waals surface area contributed by atoms with Crippen molar-refractivity contribution < 1.29 is 4.79 Å². The molecule has 0 saturated heterocycles. The zero-order valence-electron chi connectivity index (χ0n) is 16.3. The third kappa shape index (κ3) is 4.79. The molecule has 0 radical (unpaired) electrons. The van der Waals surface area contributed by atoms with E-state index < -0.39 is 0 Å². The van der Waals surface area contributed by atoms with Gasteiger partial charge in [-0.15, -0.1) is 15.0 Å². The van der Waals surface area contributed by atoms with Crippen LogP contribution in [0.5, 0.6) is 0 Å². The summed E-state index contributed by atoms with van der Waals surface area (Å²) in [7, 11) is 0. The van der Waals surface area contributed by atoms with Crippen LogP contribution >= 0.6 is 15.9 Å². The second-order valence-electron chi connectivity index (χ2n) is 6.67. The van der Waals surface area contributed by atoms with Crippen LogP contribution in [-0.4, -0.2) is 52.2 Å². The number of carbonyl (C=O) groups excluding carboxylic acids is 1. The maximum Gasteiger partial charge on any atom is 0.271 e. The van der Waals surface area contributed by atoms with Crippen molar-refractivity contribution in [3.63, 3.8) is 0 Å². The van der Waals surface area contributed by atoms with Gasteiger partial charge >= 0.3 is 0 Å². The molecule has 1 N–H and O–H groups in total. The lowest BCUT2D eigenvalue weighted by Crippen LogP contribution is -2.26. The predicted octanol–water partition coefficient (Wildman–Crippen LogP) is 2.13. The zero-order chi connectivity index (χ0) is 20.9. The Morgan fingerprint density at radius 3 is 2.70 bits per heavy atom. The Hall–Kier alpha value is -3.34. The van der Waals surface area contributed by atoms with Crippen LogP contribution in [0.4, 0.5) is 0 Å². The first kappa shape index (κ1) is 20.0. The topological polar surface area (TPSA) is 108 Å². The van der Waals surface area contributed by atoms with Gasteiger partial charge in [-0.2, -0.15) is 10.2 Å². The third-order valence-electron chi connectivity index (χ3n) is 4.37. The number of rotatable bonds is 8. The highest BCUT2D eigenvalue weighted by Crippen LogP contribution is 2.13. The number of hydrogen-bond acceptors (Lipinski definition) is 6. The quantitative estimate of drug-likeness (QED) is 0.396. The Morgan fingerprint density at radius 1 is 1.10 bits per heavy atom. The van der Waals surface area contributed by atoms with Crippen LogP contribution in [0.25, 0.3) is 11.4 Å². The molecular weight excluding hydrogens is 450 g/mol. The summed E-state index contributed by atoms with van der Waals surface area (Å²) in [5, 5.41) is 24.0. The molecule has 0 atom stereocenters. The minimum atomic E-state index is -0.219. The largest absolute Gasteiger partial charge is 0.351 e. The first-order valence-corrected chi connectivity index (χ1v) is 10.2. The lowest BCUT2D eigenvalue weighted by atomic mass is 10.2. The van der Waals surface area contributed by atoms with Crippen LogP contribution in [0.1, 0.15) is 22.6 Å². The van der Waals surface area contributed by atoms with E-state index in [4.69, 9.17) is 0 Å². The summed E-state index contributed by atoms with van der Waals surface area (Å²) in [6, 6.07) is 11.3. The number of tetrazole rings is 1. The number of hydrogen-bond donors (Lipinski definition) is 1. The Morgan fingerprint density at radius 2 is 1.93 bits per heavy atom. The summed E-state index contributed by atoms with van der Waals surface area (Å²) in [4.78, 5) is 13.7. The van der Waals surface area contributed by atoms with Crippen molar-refractivity contribution in [2.75, 3.05) is 6.54 Å². The van der Waals surface area contributed by atoms with Gasteiger partial charge < -0.3 is 5.32 Å². The molecule has 11 heteroatoms. The molecule has 1 amide bonds. The van der Waals surface area contributed by atoms with E-state index in [9.17, 15) is 4.79 Å². The minimum absolute atomic E-state index is 0.219. The van der Waals surface area contributed by atoms with E-state index in [1.807, 2.05) is 48.1 Å². The monoisotopic (exact) mass is 469 g/mol. The fraction of sp³-hybridized carbons (Fsp3) is 0.263. The predicted molar refractivity (Wildman–Crippen MR) is 112 cm³/mol. The van der Waals surface area contributed by atoms with Crippen LogP contribution in [0.15, 0.2) is 53.3 Å². The van der Waals surface area contributed by atoms with Gasteiger partial charge in [0.1, 0.15) is 5.69 Å². The van der Waals surface area contributed by atoms with Crippen molar-refractivity contribution in [1.82, 2.24) is 45.1 Å². The molecule has 0 aliphatic heterocycles. The van der Waals surface area contributed by atoms with E-state index in [1.54, 1.807) is 16.9 Å². The highest BCUT2D eigenvalue weighted by atomic mass is 79.9. The molecular formula is C19H20BrN9O. The van der Waals surface area contributed by atoms with Crippen molar-refractivity contribution in [1.29, 1.82) is 0 Å². The van der Waals surface area contributed by atoms with E-state index in [0.29, 0.717) is 18.1 Å². The highest BCUT2D eigenvalue weighted by molar-refractivity contribution is 9.10. The van der Waals surface area contributed by atoms with Crippen molar-refractivity contribution >= 4 is 21.8 Å². The molecule has 1 aromatic carbocycles. The summed E-state index contributed by atoms with van der Waals surface area (Å²) in [5.74, 6) is 0.322. The number of aryl methyl sites for hydroxylation is 2. The number of carbonyl (C=O) groups is 1. The Bertz CT molecular complexity index is 1110. The molecule has 4 aromatic rings. The lowest BCUT2D eigenvalue weighted by Gasteiger charge is -2.04. The van der Waals surface area contributed by atoms with Crippen LogP contribution in [-0.2, 0) is 13.2 Å². The van der Waals surface area contributed by atoms with E-state index in [1.165, 1.54) is 4.80 Å². The van der Waals surface area contributed by atoms with E-state index in [-0.39, 0.29) is 12.6 Å². The standard InChI is InChI=1S/C19H20BrN9O/c1-14-16(20)12-27(23-14)10-5-9-21-19(30)17-8-11-28(24-17)13-29-25-18(22-26-29)15-6-3-2-4-7-15/h2-4,6-8,11-12H,5,9-10,13H2,1H3,(H,21,30). The van der Waals surface area contributed by atoms with Gasteiger partial charge in [-0.05, 0) is 40.6 Å². The molecule has 4 rings (SSSR count). The molecule has 154 valence electrons. The first-order valence-electron chi connectivity index (χ1n) is 9.43. The van der Waals surface area contributed by atoms with Gasteiger partial charge in [0.05, 0.1) is 10.2 Å². The minimum Gasteiger partial charge on any atom is -0.351 e. The summed E-state index contributed by atoms with van der Waals surface area (Å²) in [6.07, 6.45) is 4.41. The highest BCUT2D eigenvalue weighted by Gasteiger charge is 2.11. The Kier molecular flexibility index (Phi) is 5.98. The van der Waals surface area contributed by atoms with Crippen molar-refractivity contribution in [2.24, 2.45) is 0 Å². The molecule has 3 aromatic heterocycles.